The Morgan fingerprint density at radius 1 is 1.00 bits per heavy atom. The van der Waals surface area contributed by atoms with Crippen LogP contribution in [0, 0.1) is 0 Å². The molecule has 2 aliphatic heterocycles. The molecule has 15 heteroatoms. The third-order valence-electron chi connectivity index (χ3n) is 7.21. The van der Waals surface area contributed by atoms with E-state index >= 15 is 0 Å². The fourth-order valence-electron chi connectivity index (χ4n) is 4.87. The fraction of sp³-hybridized carbons (Fsp3) is 0.444. The van der Waals surface area contributed by atoms with Crippen LogP contribution in [0.4, 0.5) is 9.93 Å². The molecule has 0 spiro atoms. The van der Waals surface area contributed by atoms with E-state index in [9.17, 15) is 18.0 Å². The van der Waals surface area contributed by atoms with Crippen LogP contribution in [-0.4, -0.2) is 112 Å². The molecule has 0 saturated carbocycles. The van der Waals surface area contributed by atoms with Gasteiger partial charge in [0.15, 0.2) is 5.13 Å². The van der Waals surface area contributed by atoms with Crippen molar-refractivity contribution < 1.29 is 22.7 Å². The highest BCUT2D eigenvalue weighted by atomic mass is 35.5. The van der Waals surface area contributed by atoms with Crippen LogP contribution in [-0.2, 0) is 14.8 Å². The summed E-state index contributed by atoms with van der Waals surface area (Å²) >= 11 is 7.75. The van der Waals surface area contributed by atoms with Gasteiger partial charge in [-0.3, -0.25) is 9.69 Å². The van der Waals surface area contributed by atoms with E-state index in [0.29, 0.717) is 17.1 Å². The maximum absolute atomic E-state index is 13.1. The smallest absolute Gasteiger partial charge is 0.409 e. The van der Waals surface area contributed by atoms with Crippen molar-refractivity contribution in [3.63, 3.8) is 0 Å². The maximum atomic E-state index is 13.1. The Morgan fingerprint density at radius 3 is 2.36 bits per heavy atom. The number of carbonyl (C=O) groups excluding carboxylic acids is 2. The minimum atomic E-state index is -3.73. The Kier molecular flexibility index (Phi) is 10.9. The van der Waals surface area contributed by atoms with Crippen molar-refractivity contribution in [2.24, 2.45) is 0 Å². The lowest BCUT2D eigenvalue weighted by atomic mass is 10.2. The summed E-state index contributed by atoms with van der Waals surface area (Å²) in [4.78, 5) is 35.5. The number of ether oxygens (including phenoxy) is 1. The molecule has 228 valence electrons. The zero-order valence-electron chi connectivity index (χ0n) is 23.2. The van der Waals surface area contributed by atoms with Crippen LogP contribution in [0.1, 0.15) is 17.3 Å². The first-order chi connectivity index (χ1) is 19.7. The van der Waals surface area contributed by atoms with Crippen molar-refractivity contribution in [1.29, 1.82) is 0 Å². The van der Waals surface area contributed by atoms with E-state index in [4.69, 9.17) is 21.3 Å². The zero-order valence-corrected chi connectivity index (χ0v) is 26.4. The summed E-state index contributed by atoms with van der Waals surface area (Å²) in [5.74, 6) is -0.247. The molecule has 0 unspecified atom stereocenters. The number of halogens is 2. The van der Waals surface area contributed by atoms with Crippen LogP contribution in [0.3, 0.4) is 0 Å². The number of sulfonamides is 1. The summed E-state index contributed by atoms with van der Waals surface area (Å²) in [5, 5.41) is 4.64. The first-order valence-electron chi connectivity index (χ1n) is 13.6. The number of hydrogen-bond donors (Lipinski definition) is 1. The SMILES string of the molecule is CCOC(=O)N1CCN(S(=O)(=O)c2ccc(C(=O)NCCN3CCN(c4nc5ccc(Cl)cc5s4)CC3)cc2)CC1.Cl. The molecule has 2 amide bonds. The van der Waals surface area contributed by atoms with Gasteiger partial charge in [0, 0.05) is 76.0 Å². The van der Waals surface area contributed by atoms with E-state index in [1.807, 2.05) is 18.2 Å². The number of aromatic nitrogens is 1. The summed E-state index contributed by atoms with van der Waals surface area (Å²) in [5.41, 5.74) is 1.36. The fourth-order valence-corrected chi connectivity index (χ4v) is 7.58. The molecule has 3 heterocycles. The molecule has 0 atom stereocenters. The lowest BCUT2D eigenvalue weighted by Crippen LogP contribution is -2.50. The number of nitrogens with zero attached hydrogens (tertiary/aromatic N) is 5. The second-order valence-corrected chi connectivity index (χ2v) is 13.2. The molecular formula is C27H34Cl2N6O5S2. The molecule has 3 aromatic rings. The van der Waals surface area contributed by atoms with Crippen LogP contribution in [0.5, 0.6) is 0 Å². The number of amides is 2. The summed E-state index contributed by atoms with van der Waals surface area (Å²) in [7, 11) is -3.73. The molecule has 5 rings (SSSR count). The number of hydrogen-bond acceptors (Lipinski definition) is 9. The molecule has 2 saturated heterocycles. The van der Waals surface area contributed by atoms with Gasteiger partial charge in [0.05, 0.1) is 21.7 Å². The van der Waals surface area contributed by atoms with E-state index in [1.54, 1.807) is 18.3 Å². The molecule has 1 aromatic heterocycles. The van der Waals surface area contributed by atoms with Gasteiger partial charge in [-0.1, -0.05) is 22.9 Å². The molecule has 2 aliphatic rings. The first kappa shape index (κ1) is 32.2. The van der Waals surface area contributed by atoms with Crippen molar-refractivity contribution >= 4 is 72.7 Å². The number of thiazole rings is 1. The molecule has 11 nitrogen and oxygen atoms in total. The van der Waals surface area contributed by atoms with E-state index in [0.717, 1.165) is 48.1 Å². The number of carbonyl (C=O) groups is 2. The molecule has 0 aliphatic carbocycles. The number of rotatable bonds is 8. The average Bonchev–Trinajstić information content (AvgIpc) is 3.41. The van der Waals surface area contributed by atoms with Crippen LogP contribution in [0.2, 0.25) is 5.02 Å². The highest BCUT2D eigenvalue weighted by molar-refractivity contribution is 7.89. The number of piperazine rings is 2. The van der Waals surface area contributed by atoms with Crippen molar-refractivity contribution in [3.05, 3.63) is 53.1 Å². The normalized spacial score (nSPS) is 16.7. The topological polar surface area (TPSA) is 115 Å². The van der Waals surface area contributed by atoms with Gasteiger partial charge in [-0.25, -0.2) is 18.2 Å². The summed E-state index contributed by atoms with van der Waals surface area (Å²) in [6.45, 7) is 7.58. The quantitative estimate of drug-likeness (QED) is 0.392. The van der Waals surface area contributed by atoms with Crippen molar-refractivity contribution in [2.45, 2.75) is 11.8 Å². The van der Waals surface area contributed by atoms with Gasteiger partial charge in [0.25, 0.3) is 5.91 Å². The number of fused-ring (bicyclic) bond motifs is 1. The van der Waals surface area contributed by atoms with Gasteiger partial charge in [-0.15, -0.1) is 12.4 Å². The van der Waals surface area contributed by atoms with Crippen LogP contribution in [0.15, 0.2) is 47.4 Å². The van der Waals surface area contributed by atoms with E-state index < -0.39 is 16.1 Å². The number of nitrogens with one attached hydrogen (secondary N) is 1. The Balaban J connectivity index is 0.00000405. The van der Waals surface area contributed by atoms with Gasteiger partial charge >= 0.3 is 6.09 Å². The Bertz CT molecular complexity index is 1490. The van der Waals surface area contributed by atoms with E-state index in [-0.39, 0.29) is 56.0 Å². The summed E-state index contributed by atoms with van der Waals surface area (Å²) in [6.07, 6.45) is -0.433. The number of benzene rings is 2. The van der Waals surface area contributed by atoms with Gasteiger partial charge in [-0.2, -0.15) is 4.31 Å². The van der Waals surface area contributed by atoms with Gasteiger partial charge in [-0.05, 0) is 49.4 Å². The van der Waals surface area contributed by atoms with Crippen LogP contribution < -0.4 is 10.2 Å². The van der Waals surface area contributed by atoms with Crippen molar-refractivity contribution in [1.82, 2.24) is 24.4 Å². The molecule has 1 N–H and O–H groups in total. The summed E-state index contributed by atoms with van der Waals surface area (Å²) in [6, 6.07) is 11.7. The molecule has 0 radical (unpaired) electrons. The second-order valence-electron chi connectivity index (χ2n) is 9.81. The predicted molar refractivity (Wildman–Crippen MR) is 167 cm³/mol. The Morgan fingerprint density at radius 2 is 1.69 bits per heavy atom. The van der Waals surface area contributed by atoms with Gasteiger partial charge < -0.3 is 19.9 Å². The average molecular weight is 658 g/mol. The largest absolute Gasteiger partial charge is 0.450 e. The highest BCUT2D eigenvalue weighted by Crippen LogP contribution is 2.31. The predicted octanol–water partition coefficient (Wildman–Crippen LogP) is 3.39. The zero-order chi connectivity index (χ0) is 29.0. The Hall–Kier alpha value is -2.68. The van der Waals surface area contributed by atoms with Crippen LogP contribution >= 0.6 is 35.3 Å². The minimum Gasteiger partial charge on any atom is -0.450 e. The summed E-state index contributed by atoms with van der Waals surface area (Å²) < 4.78 is 33.5. The van der Waals surface area contributed by atoms with E-state index in [2.05, 4.69) is 15.1 Å². The number of anilines is 1. The van der Waals surface area contributed by atoms with E-state index in [1.165, 1.54) is 33.5 Å². The molecule has 0 bridgehead atoms. The van der Waals surface area contributed by atoms with Crippen molar-refractivity contribution in [3.8, 4) is 0 Å². The molecule has 2 fully saturated rings. The third-order valence-corrected chi connectivity index (χ3v) is 10.4. The lowest BCUT2D eigenvalue weighted by Gasteiger charge is -2.34. The molecule has 42 heavy (non-hydrogen) atoms. The minimum absolute atomic E-state index is 0. The monoisotopic (exact) mass is 656 g/mol. The van der Waals surface area contributed by atoms with Crippen molar-refractivity contribution in [2.75, 3.05) is 77.0 Å². The molecular weight excluding hydrogens is 623 g/mol. The third kappa shape index (κ3) is 7.44. The highest BCUT2D eigenvalue weighted by Gasteiger charge is 2.30. The first-order valence-corrected chi connectivity index (χ1v) is 16.2. The van der Waals surface area contributed by atoms with Gasteiger partial charge in [0.1, 0.15) is 0 Å². The van der Waals surface area contributed by atoms with Gasteiger partial charge in [0.2, 0.25) is 10.0 Å². The van der Waals surface area contributed by atoms with Crippen LogP contribution in [0.25, 0.3) is 10.2 Å². The Labute approximate surface area is 260 Å². The second kappa shape index (κ2) is 14.2. The lowest BCUT2D eigenvalue weighted by molar-refractivity contribution is 0.0932. The standard InChI is InChI=1S/C27H33ClN6O5S2.ClH/c1-2-39-27(36)33-15-17-34(18-16-33)41(37,38)22-6-3-20(4-7-22)25(35)29-9-10-31-11-13-32(14-12-31)26-30-23-8-5-21(28)19-24(23)40-26;/h3-8,19H,2,9-18H2,1H3,(H,29,35);1H. The maximum Gasteiger partial charge on any atom is 0.409 e. The molecule has 2 aromatic carbocycles.